The molecule has 1 aromatic heterocycles. The molecule has 0 amide bonds. The van der Waals surface area contributed by atoms with Gasteiger partial charge in [-0.05, 0) is 24.3 Å². The molecule has 0 atom stereocenters. The molecule has 0 saturated heterocycles. The average molecular weight is 257 g/mol. The van der Waals surface area contributed by atoms with Gasteiger partial charge in [0.05, 0.1) is 6.33 Å². The molecule has 0 aliphatic rings. The van der Waals surface area contributed by atoms with Crippen LogP contribution in [-0.4, -0.2) is 9.97 Å². The van der Waals surface area contributed by atoms with E-state index in [1.165, 1.54) is 6.33 Å². The Bertz CT molecular complexity index is 551. The van der Waals surface area contributed by atoms with Gasteiger partial charge in [-0.3, -0.25) is 4.79 Å². The summed E-state index contributed by atoms with van der Waals surface area (Å²) in [5, 5.41) is 0.509. The van der Waals surface area contributed by atoms with Crippen LogP contribution in [0.25, 0.3) is 0 Å². The SMILES string of the molecule is O=c1[nH]cnc(Oc2ccc(Cl)cc2)c1Cl. The largest absolute Gasteiger partial charge is 0.437 e. The Morgan fingerprint density at radius 3 is 2.56 bits per heavy atom. The van der Waals surface area contributed by atoms with Gasteiger partial charge in [0.15, 0.2) is 5.02 Å². The van der Waals surface area contributed by atoms with Crippen LogP contribution in [0.3, 0.4) is 0 Å². The molecule has 0 aliphatic heterocycles. The molecule has 0 radical (unpaired) electrons. The van der Waals surface area contributed by atoms with Crippen LogP contribution in [0.4, 0.5) is 0 Å². The van der Waals surface area contributed by atoms with Crippen molar-refractivity contribution in [3.8, 4) is 11.6 Å². The topological polar surface area (TPSA) is 55.0 Å². The molecule has 2 rings (SSSR count). The smallest absolute Gasteiger partial charge is 0.273 e. The Labute approximate surface area is 101 Å². The van der Waals surface area contributed by atoms with Crippen molar-refractivity contribution in [3.63, 3.8) is 0 Å². The molecule has 1 aromatic carbocycles. The third-order valence-electron chi connectivity index (χ3n) is 1.79. The molecule has 0 bridgehead atoms. The lowest BCUT2D eigenvalue weighted by Gasteiger charge is -2.04. The Hall–Kier alpha value is -1.52. The number of nitrogens with one attached hydrogen (secondary N) is 1. The minimum atomic E-state index is -0.444. The van der Waals surface area contributed by atoms with E-state index >= 15 is 0 Å². The van der Waals surface area contributed by atoms with Crippen molar-refractivity contribution in [2.75, 3.05) is 0 Å². The van der Waals surface area contributed by atoms with Crippen LogP contribution in [0.1, 0.15) is 0 Å². The first-order valence-electron chi connectivity index (χ1n) is 4.33. The number of halogens is 2. The highest BCUT2D eigenvalue weighted by Gasteiger charge is 2.07. The van der Waals surface area contributed by atoms with Crippen LogP contribution in [0.5, 0.6) is 11.6 Å². The van der Waals surface area contributed by atoms with Crippen LogP contribution in [0.15, 0.2) is 35.4 Å². The van der Waals surface area contributed by atoms with E-state index in [0.29, 0.717) is 10.8 Å². The summed E-state index contributed by atoms with van der Waals surface area (Å²) >= 11 is 11.4. The normalized spacial score (nSPS) is 10.1. The van der Waals surface area contributed by atoms with Crippen LogP contribution in [0, 0.1) is 0 Å². The van der Waals surface area contributed by atoms with Gasteiger partial charge in [-0.15, -0.1) is 0 Å². The summed E-state index contributed by atoms with van der Waals surface area (Å²) in [6.45, 7) is 0. The predicted molar refractivity (Wildman–Crippen MR) is 61.4 cm³/mol. The van der Waals surface area contributed by atoms with Crippen LogP contribution >= 0.6 is 23.2 Å². The average Bonchev–Trinajstić information content (AvgIpc) is 2.28. The molecule has 4 nitrogen and oxygen atoms in total. The number of H-pyrrole nitrogens is 1. The highest BCUT2D eigenvalue weighted by molar-refractivity contribution is 6.31. The van der Waals surface area contributed by atoms with E-state index in [1.807, 2.05) is 0 Å². The lowest BCUT2D eigenvalue weighted by atomic mass is 10.3. The first kappa shape index (κ1) is 11.0. The fraction of sp³-hybridized carbons (Fsp3) is 0. The van der Waals surface area contributed by atoms with Crippen molar-refractivity contribution in [1.82, 2.24) is 9.97 Å². The van der Waals surface area contributed by atoms with E-state index in [9.17, 15) is 4.79 Å². The molecule has 1 heterocycles. The number of hydrogen-bond acceptors (Lipinski definition) is 3. The van der Waals surface area contributed by atoms with Crippen molar-refractivity contribution >= 4 is 23.2 Å². The number of nitrogens with zero attached hydrogens (tertiary/aromatic N) is 1. The molecule has 0 spiro atoms. The Kier molecular flexibility index (Phi) is 3.12. The summed E-state index contributed by atoms with van der Waals surface area (Å²) in [7, 11) is 0. The van der Waals surface area contributed by atoms with Crippen molar-refractivity contribution in [3.05, 3.63) is 51.0 Å². The predicted octanol–water partition coefficient (Wildman–Crippen LogP) is 2.87. The maximum atomic E-state index is 11.2. The Balaban J connectivity index is 2.30. The number of ether oxygens (including phenoxy) is 1. The van der Waals surface area contributed by atoms with Crippen molar-refractivity contribution in [1.29, 1.82) is 0 Å². The zero-order valence-corrected chi connectivity index (χ0v) is 9.42. The molecule has 82 valence electrons. The highest BCUT2D eigenvalue weighted by Crippen LogP contribution is 2.24. The Morgan fingerprint density at radius 2 is 1.88 bits per heavy atom. The van der Waals surface area contributed by atoms with Gasteiger partial charge in [-0.1, -0.05) is 23.2 Å². The first-order chi connectivity index (χ1) is 7.66. The summed E-state index contributed by atoms with van der Waals surface area (Å²) in [5.74, 6) is 0.567. The molecular formula is C10H6Cl2N2O2. The fourth-order valence-electron chi connectivity index (χ4n) is 1.05. The number of aromatic nitrogens is 2. The van der Waals surface area contributed by atoms with E-state index in [1.54, 1.807) is 24.3 Å². The van der Waals surface area contributed by atoms with E-state index < -0.39 is 5.56 Å². The number of rotatable bonds is 2. The van der Waals surface area contributed by atoms with Crippen LogP contribution in [-0.2, 0) is 0 Å². The van der Waals surface area contributed by atoms with Gasteiger partial charge in [0.1, 0.15) is 5.75 Å². The highest BCUT2D eigenvalue weighted by atomic mass is 35.5. The second-order valence-electron chi connectivity index (χ2n) is 2.91. The number of benzene rings is 1. The summed E-state index contributed by atoms with van der Waals surface area (Å²) in [4.78, 5) is 17.3. The summed E-state index contributed by atoms with van der Waals surface area (Å²) in [6, 6.07) is 6.64. The fourth-order valence-corrected chi connectivity index (χ4v) is 1.32. The number of hydrogen-bond donors (Lipinski definition) is 1. The first-order valence-corrected chi connectivity index (χ1v) is 5.09. The third-order valence-corrected chi connectivity index (χ3v) is 2.38. The zero-order chi connectivity index (χ0) is 11.5. The molecule has 2 aromatic rings. The molecule has 0 aliphatic carbocycles. The summed E-state index contributed by atoms with van der Waals surface area (Å²) in [6.07, 6.45) is 1.22. The van der Waals surface area contributed by atoms with Crippen molar-refractivity contribution < 1.29 is 4.74 Å². The molecule has 0 unspecified atom stereocenters. The van der Waals surface area contributed by atoms with Gasteiger partial charge in [0.25, 0.3) is 5.56 Å². The quantitative estimate of drug-likeness (QED) is 0.899. The molecular weight excluding hydrogens is 251 g/mol. The maximum Gasteiger partial charge on any atom is 0.273 e. The standard InChI is InChI=1S/C10H6Cl2N2O2/c11-6-1-3-7(4-2-6)16-10-8(12)9(15)13-5-14-10/h1-5H,(H,13,14,15). The van der Waals surface area contributed by atoms with E-state index in [-0.39, 0.29) is 10.9 Å². The van der Waals surface area contributed by atoms with E-state index in [4.69, 9.17) is 27.9 Å². The maximum absolute atomic E-state index is 11.2. The minimum absolute atomic E-state index is 0.0627. The number of aromatic amines is 1. The lowest BCUT2D eigenvalue weighted by Crippen LogP contribution is -2.07. The molecule has 16 heavy (non-hydrogen) atoms. The van der Waals surface area contributed by atoms with Gasteiger partial charge in [-0.25, -0.2) is 4.98 Å². The monoisotopic (exact) mass is 256 g/mol. The molecule has 0 fully saturated rings. The van der Waals surface area contributed by atoms with Gasteiger partial charge in [0, 0.05) is 5.02 Å². The van der Waals surface area contributed by atoms with Gasteiger partial charge in [-0.2, -0.15) is 0 Å². The van der Waals surface area contributed by atoms with Crippen LogP contribution < -0.4 is 10.3 Å². The van der Waals surface area contributed by atoms with Crippen molar-refractivity contribution in [2.24, 2.45) is 0 Å². The van der Waals surface area contributed by atoms with E-state index in [0.717, 1.165) is 0 Å². The third kappa shape index (κ3) is 2.35. The lowest BCUT2D eigenvalue weighted by molar-refractivity contribution is 0.461. The second kappa shape index (κ2) is 4.55. The van der Waals surface area contributed by atoms with Crippen molar-refractivity contribution in [2.45, 2.75) is 0 Å². The zero-order valence-electron chi connectivity index (χ0n) is 7.91. The summed E-state index contributed by atoms with van der Waals surface area (Å²) < 4.78 is 5.32. The molecule has 0 saturated carbocycles. The Morgan fingerprint density at radius 1 is 1.19 bits per heavy atom. The molecule has 1 N–H and O–H groups in total. The minimum Gasteiger partial charge on any atom is -0.437 e. The van der Waals surface area contributed by atoms with Gasteiger partial charge < -0.3 is 9.72 Å². The molecule has 6 heteroatoms. The summed E-state index contributed by atoms with van der Waals surface area (Å²) in [5.41, 5.74) is -0.444. The van der Waals surface area contributed by atoms with Crippen LogP contribution in [0.2, 0.25) is 10.0 Å². The van der Waals surface area contributed by atoms with E-state index in [2.05, 4.69) is 9.97 Å². The van der Waals surface area contributed by atoms with Gasteiger partial charge >= 0.3 is 0 Å². The second-order valence-corrected chi connectivity index (χ2v) is 3.72. The van der Waals surface area contributed by atoms with Gasteiger partial charge in [0.2, 0.25) is 5.88 Å².